The molecule has 2 amide bonds. The molecule has 15 heavy (non-hydrogen) atoms. The number of hydrogen-bond donors (Lipinski definition) is 2. The Morgan fingerprint density at radius 1 is 1.40 bits per heavy atom. The lowest BCUT2D eigenvalue weighted by Gasteiger charge is -2.25. The number of nitrogens with one attached hydrogen (secondary N) is 2. The van der Waals surface area contributed by atoms with Crippen LogP contribution in [-0.2, 0) is 9.59 Å². The summed E-state index contributed by atoms with van der Waals surface area (Å²) in [6.45, 7) is 2.11. The van der Waals surface area contributed by atoms with E-state index in [9.17, 15) is 9.59 Å². The molecule has 1 aliphatic carbocycles. The van der Waals surface area contributed by atoms with Crippen molar-refractivity contribution >= 4 is 11.8 Å². The van der Waals surface area contributed by atoms with Gasteiger partial charge in [0.15, 0.2) is 0 Å². The van der Waals surface area contributed by atoms with Crippen LogP contribution in [0.25, 0.3) is 0 Å². The van der Waals surface area contributed by atoms with Gasteiger partial charge in [0.05, 0.1) is 6.04 Å². The van der Waals surface area contributed by atoms with E-state index in [1.165, 1.54) is 12.8 Å². The van der Waals surface area contributed by atoms with Crippen LogP contribution in [0, 0.1) is 5.92 Å². The molecule has 0 bridgehead atoms. The lowest BCUT2D eigenvalue weighted by molar-refractivity contribution is -0.134. The van der Waals surface area contributed by atoms with Crippen molar-refractivity contribution in [3.05, 3.63) is 0 Å². The van der Waals surface area contributed by atoms with Gasteiger partial charge in [-0.2, -0.15) is 0 Å². The average Bonchev–Trinajstić information content (AvgIpc) is 2.94. The molecule has 2 aliphatic rings. The summed E-state index contributed by atoms with van der Waals surface area (Å²) in [6.07, 6.45) is 4.92. The molecule has 0 aromatic carbocycles. The maximum atomic E-state index is 11.4. The zero-order chi connectivity index (χ0) is 10.8. The first-order valence-electron chi connectivity index (χ1n) is 5.75. The molecular formula is C11H18N2O2. The van der Waals surface area contributed by atoms with Gasteiger partial charge < -0.3 is 5.32 Å². The molecule has 1 saturated carbocycles. The summed E-state index contributed by atoms with van der Waals surface area (Å²) < 4.78 is 0. The molecule has 0 spiro atoms. The van der Waals surface area contributed by atoms with Crippen LogP contribution in [0.2, 0.25) is 0 Å². The van der Waals surface area contributed by atoms with Crippen LogP contribution in [0.5, 0.6) is 0 Å². The lowest BCUT2D eigenvalue weighted by atomic mass is 10.0. The van der Waals surface area contributed by atoms with E-state index in [0.29, 0.717) is 18.9 Å². The standard InChI is InChI=1S/C11H18N2O2/c1-7(6-8-2-3-8)12-9-4-5-10(14)13-11(9)15/h7-9,12H,2-6H2,1H3,(H,13,14,15). The van der Waals surface area contributed by atoms with Gasteiger partial charge >= 0.3 is 0 Å². The van der Waals surface area contributed by atoms with Crippen molar-refractivity contribution in [2.24, 2.45) is 5.92 Å². The Morgan fingerprint density at radius 3 is 2.73 bits per heavy atom. The fourth-order valence-corrected chi connectivity index (χ4v) is 2.12. The molecule has 1 aliphatic heterocycles. The Morgan fingerprint density at radius 2 is 2.13 bits per heavy atom. The summed E-state index contributed by atoms with van der Waals surface area (Å²) in [5.41, 5.74) is 0. The summed E-state index contributed by atoms with van der Waals surface area (Å²) >= 11 is 0. The molecule has 1 saturated heterocycles. The number of rotatable bonds is 4. The van der Waals surface area contributed by atoms with Crippen molar-refractivity contribution in [1.82, 2.24) is 10.6 Å². The third kappa shape index (κ3) is 3.02. The zero-order valence-electron chi connectivity index (χ0n) is 9.08. The van der Waals surface area contributed by atoms with Crippen LogP contribution in [0.4, 0.5) is 0 Å². The second-order valence-corrected chi connectivity index (χ2v) is 4.75. The largest absolute Gasteiger partial charge is 0.303 e. The molecule has 0 radical (unpaired) electrons. The molecule has 0 aromatic heterocycles. The maximum Gasteiger partial charge on any atom is 0.243 e. The number of imide groups is 1. The first kappa shape index (κ1) is 10.6. The van der Waals surface area contributed by atoms with Gasteiger partial charge in [-0.25, -0.2) is 0 Å². The molecular weight excluding hydrogens is 192 g/mol. The van der Waals surface area contributed by atoms with Gasteiger partial charge in [-0.15, -0.1) is 0 Å². The molecule has 2 atom stereocenters. The van der Waals surface area contributed by atoms with Crippen molar-refractivity contribution in [2.75, 3.05) is 0 Å². The summed E-state index contributed by atoms with van der Waals surface area (Å²) in [5, 5.41) is 5.66. The van der Waals surface area contributed by atoms with E-state index in [1.54, 1.807) is 0 Å². The number of carbonyl (C=O) groups is 2. The molecule has 4 heteroatoms. The Balaban J connectivity index is 1.77. The second-order valence-electron chi connectivity index (χ2n) is 4.75. The topological polar surface area (TPSA) is 58.2 Å². The Kier molecular flexibility index (Phi) is 3.05. The molecule has 2 rings (SSSR count). The molecule has 1 heterocycles. The first-order valence-corrected chi connectivity index (χ1v) is 5.75. The number of hydrogen-bond acceptors (Lipinski definition) is 3. The monoisotopic (exact) mass is 210 g/mol. The number of carbonyl (C=O) groups excluding carboxylic acids is 2. The summed E-state index contributed by atoms with van der Waals surface area (Å²) in [7, 11) is 0. The average molecular weight is 210 g/mol. The molecule has 2 N–H and O–H groups in total. The van der Waals surface area contributed by atoms with Crippen molar-refractivity contribution in [3.63, 3.8) is 0 Å². The van der Waals surface area contributed by atoms with E-state index in [2.05, 4.69) is 17.6 Å². The molecule has 2 unspecified atom stereocenters. The van der Waals surface area contributed by atoms with E-state index in [-0.39, 0.29) is 17.9 Å². The van der Waals surface area contributed by atoms with E-state index in [1.807, 2.05) is 0 Å². The van der Waals surface area contributed by atoms with E-state index in [0.717, 1.165) is 12.3 Å². The fraction of sp³-hybridized carbons (Fsp3) is 0.818. The van der Waals surface area contributed by atoms with Gasteiger partial charge in [-0.05, 0) is 25.7 Å². The van der Waals surface area contributed by atoms with Gasteiger partial charge in [0.2, 0.25) is 11.8 Å². The van der Waals surface area contributed by atoms with Crippen molar-refractivity contribution < 1.29 is 9.59 Å². The van der Waals surface area contributed by atoms with E-state index in [4.69, 9.17) is 0 Å². The van der Waals surface area contributed by atoms with Gasteiger partial charge in [-0.3, -0.25) is 14.9 Å². The molecule has 0 aromatic rings. The Bertz CT molecular complexity index is 274. The minimum Gasteiger partial charge on any atom is -0.303 e. The lowest BCUT2D eigenvalue weighted by Crippen LogP contribution is -2.52. The van der Waals surface area contributed by atoms with E-state index >= 15 is 0 Å². The van der Waals surface area contributed by atoms with Crippen LogP contribution in [0.3, 0.4) is 0 Å². The van der Waals surface area contributed by atoms with Gasteiger partial charge in [0.25, 0.3) is 0 Å². The van der Waals surface area contributed by atoms with Gasteiger partial charge in [0.1, 0.15) is 0 Å². The van der Waals surface area contributed by atoms with E-state index < -0.39 is 0 Å². The highest BCUT2D eigenvalue weighted by Gasteiger charge is 2.29. The zero-order valence-corrected chi connectivity index (χ0v) is 9.08. The van der Waals surface area contributed by atoms with Crippen LogP contribution < -0.4 is 10.6 Å². The predicted octanol–water partition coefficient (Wildman–Crippen LogP) is 0.570. The van der Waals surface area contributed by atoms with Crippen molar-refractivity contribution in [2.45, 2.75) is 51.1 Å². The Hall–Kier alpha value is -0.900. The summed E-state index contributed by atoms with van der Waals surface area (Å²) in [4.78, 5) is 22.4. The van der Waals surface area contributed by atoms with Crippen molar-refractivity contribution in [1.29, 1.82) is 0 Å². The summed E-state index contributed by atoms with van der Waals surface area (Å²) in [6, 6.07) is 0.206. The molecule has 2 fully saturated rings. The third-order valence-electron chi connectivity index (χ3n) is 3.11. The minimum absolute atomic E-state index is 0.145. The highest BCUT2D eigenvalue weighted by atomic mass is 16.2. The fourth-order valence-electron chi connectivity index (χ4n) is 2.12. The van der Waals surface area contributed by atoms with Crippen LogP contribution in [0.15, 0.2) is 0 Å². The summed E-state index contributed by atoms with van der Waals surface area (Å²) in [5.74, 6) is 0.558. The quantitative estimate of drug-likeness (QED) is 0.667. The first-order chi connectivity index (χ1) is 7.15. The second kappa shape index (κ2) is 4.31. The molecule has 84 valence electrons. The van der Waals surface area contributed by atoms with Crippen LogP contribution in [-0.4, -0.2) is 23.9 Å². The van der Waals surface area contributed by atoms with Crippen LogP contribution >= 0.6 is 0 Å². The minimum atomic E-state index is -0.170. The number of piperidine rings is 1. The number of amides is 2. The highest BCUT2D eigenvalue weighted by Crippen LogP contribution is 2.33. The third-order valence-corrected chi connectivity index (χ3v) is 3.11. The Labute approximate surface area is 89.8 Å². The maximum absolute atomic E-state index is 11.4. The highest BCUT2D eigenvalue weighted by molar-refractivity contribution is 6.00. The smallest absolute Gasteiger partial charge is 0.243 e. The van der Waals surface area contributed by atoms with Crippen LogP contribution in [0.1, 0.15) is 39.0 Å². The SMILES string of the molecule is CC(CC1CC1)NC1CCC(=O)NC1=O. The normalized spacial score (nSPS) is 28.7. The van der Waals surface area contributed by atoms with Gasteiger partial charge in [0, 0.05) is 12.5 Å². The van der Waals surface area contributed by atoms with Crippen molar-refractivity contribution in [3.8, 4) is 0 Å². The predicted molar refractivity (Wildman–Crippen MR) is 56.1 cm³/mol. The van der Waals surface area contributed by atoms with Gasteiger partial charge in [-0.1, -0.05) is 12.8 Å². The molecule has 4 nitrogen and oxygen atoms in total.